The number of benzene rings is 1. The van der Waals surface area contributed by atoms with Gasteiger partial charge in [-0.1, -0.05) is 11.6 Å². The number of nitrogens with zero attached hydrogens (tertiary/aromatic N) is 1. The molecule has 17 heavy (non-hydrogen) atoms. The molecule has 88 valence electrons. The largest absolute Gasteiger partial charge is 0.380 e. The fourth-order valence-corrected chi connectivity index (χ4v) is 3.19. The van der Waals surface area contributed by atoms with Crippen molar-refractivity contribution in [2.75, 3.05) is 13.2 Å². The Balaban J connectivity index is 1.97. The van der Waals surface area contributed by atoms with Gasteiger partial charge in [-0.2, -0.15) is 5.26 Å². The van der Waals surface area contributed by atoms with Gasteiger partial charge in [0.25, 0.3) is 0 Å². The summed E-state index contributed by atoms with van der Waals surface area (Å²) in [6.07, 6.45) is 1.35. The predicted octanol–water partition coefficient (Wildman–Crippen LogP) is 3.05. The summed E-state index contributed by atoms with van der Waals surface area (Å²) in [6.45, 7) is 1.39. The second-order valence-corrected chi connectivity index (χ2v) is 5.60. The number of nitriles is 1. The van der Waals surface area contributed by atoms with Crippen molar-refractivity contribution in [1.29, 1.82) is 5.26 Å². The molecule has 4 heteroatoms. The molecular formula is C13H11ClFNO. The Morgan fingerprint density at radius 2 is 2.06 bits per heavy atom. The monoisotopic (exact) mass is 251 g/mol. The number of rotatable bonds is 1. The summed E-state index contributed by atoms with van der Waals surface area (Å²) in [6, 6.07) is 6.68. The maximum atomic E-state index is 13.8. The van der Waals surface area contributed by atoms with Crippen LogP contribution in [0.15, 0.2) is 18.2 Å². The van der Waals surface area contributed by atoms with Gasteiger partial charge in [-0.3, -0.25) is 0 Å². The molecule has 2 fully saturated rings. The molecule has 1 spiro atoms. The summed E-state index contributed by atoms with van der Waals surface area (Å²) in [4.78, 5) is 0. The van der Waals surface area contributed by atoms with Crippen molar-refractivity contribution in [2.45, 2.75) is 18.3 Å². The van der Waals surface area contributed by atoms with Crippen LogP contribution in [-0.2, 0) is 10.2 Å². The molecule has 1 aliphatic carbocycles. The van der Waals surface area contributed by atoms with Gasteiger partial charge in [-0.15, -0.1) is 0 Å². The zero-order valence-corrected chi connectivity index (χ0v) is 9.93. The molecule has 0 atom stereocenters. The van der Waals surface area contributed by atoms with Crippen LogP contribution in [0.5, 0.6) is 0 Å². The Morgan fingerprint density at radius 3 is 2.59 bits per heavy atom. The van der Waals surface area contributed by atoms with Crippen molar-refractivity contribution in [3.63, 3.8) is 0 Å². The lowest BCUT2D eigenvalue weighted by Gasteiger charge is -2.57. The van der Waals surface area contributed by atoms with E-state index in [1.54, 1.807) is 6.07 Å². The van der Waals surface area contributed by atoms with E-state index in [2.05, 4.69) is 6.07 Å². The standard InChI is InChI=1S/C13H11ClFNO/c14-9-1-2-11(15)10(3-9)13(6-16)4-12(5-13)7-17-8-12/h1-3H,4-5,7-8H2. The van der Waals surface area contributed by atoms with Crippen LogP contribution < -0.4 is 0 Å². The van der Waals surface area contributed by atoms with Crippen molar-refractivity contribution in [1.82, 2.24) is 0 Å². The summed E-state index contributed by atoms with van der Waals surface area (Å²) >= 11 is 5.88. The van der Waals surface area contributed by atoms with Crippen LogP contribution in [0.25, 0.3) is 0 Å². The quantitative estimate of drug-likeness (QED) is 0.769. The van der Waals surface area contributed by atoms with Gasteiger partial charge in [-0.05, 0) is 31.0 Å². The minimum absolute atomic E-state index is 0.116. The first-order valence-electron chi connectivity index (χ1n) is 5.54. The van der Waals surface area contributed by atoms with Gasteiger partial charge < -0.3 is 4.74 Å². The average molecular weight is 252 g/mol. The first kappa shape index (κ1) is 11.0. The number of ether oxygens (including phenoxy) is 1. The highest BCUT2D eigenvalue weighted by Crippen LogP contribution is 2.59. The number of hydrogen-bond donors (Lipinski definition) is 0. The molecule has 3 rings (SSSR count). The Bertz CT molecular complexity index is 511. The van der Waals surface area contributed by atoms with Crippen molar-refractivity contribution < 1.29 is 9.13 Å². The van der Waals surface area contributed by atoms with Crippen LogP contribution in [0.2, 0.25) is 5.02 Å². The molecular weight excluding hydrogens is 241 g/mol. The van der Waals surface area contributed by atoms with E-state index in [1.807, 2.05) is 0 Å². The van der Waals surface area contributed by atoms with Gasteiger partial charge in [0.2, 0.25) is 0 Å². The molecule has 1 aliphatic heterocycles. The molecule has 0 aromatic heterocycles. The van der Waals surface area contributed by atoms with Crippen LogP contribution >= 0.6 is 11.6 Å². The Labute approximate surface area is 104 Å². The van der Waals surface area contributed by atoms with E-state index in [4.69, 9.17) is 16.3 Å². The molecule has 1 aromatic carbocycles. The Hall–Kier alpha value is -1.11. The van der Waals surface area contributed by atoms with Gasteiger partial charge in [0.15, 0.2) is 0 Å². The third-order valence-electron chi connectivity index (χ3n) is 3.83. The van der Waals surface area contributed by atoms with E-state index in [1.165, 1.54) is 12.1 Å². The topological polar surface area (TPSA) is 33.0 Å². The summed E-state index contributed by atoms with van der Waals surface area (Å²) in [5.74, 6) is -0.342. The second-order valence-electron chi connectivity index (χ2n) is 5.16. The maximum absolute atomic E-state index is 13.8. The summed E-state index contributed by atoms with van der Waals surface area (Å²) in [7, 11) is 0. The molecule has 2 aliphatic rings. The molecule has 0 N–H and O–H groups in total. The van der Waals surface area contributed by atoms with Gasteiger partial charge >= 0.3 is 0 Å². The van der Waals surface area contributed by atoms with Crippen LogP contribution in [0.3, 0.4) is 0 Å². The van der Waals surface area contributed by atoms with Crippen LogP contribution in [0.4, 0.5) is 4.39 Å². The summed E-state index contributed by atoms with van der Waals surface area (Å²) in [5, 5.41) is 9.83. The Kier molecular flexibility index (Phi) is 2.23. The SMILES string of the molecule is N#CC1(c2cc(Cl)ccc2F)CC2(COC2)C1. The van der Waals surface area contributed by atoms with Crippen molar-refractivity contribution >= 4 is 11.6 Å². The highest BCUT2D eigenvalue weighted by Gasteiger charge is 2.60. The Morgan fingerprint density at radius 1 is 1.35 bits per heavy atom. The van der Waals surface area contributed by atoms with E-state index in [9.17, 15) is 9.65 Å². The fraction of sp³-hybridized carbons (Fsp3) is 0.462. The zero-order chi connectivity index (χ0) is 12.1. The van der Waals surface area contributed by atoms with E-state index in [-0.39, 0.29) is 11.2 Å². The third kappa shape index (κ3) is 1.48. The third-order valence-corrected chi connectivity index (χ3v) is 4.06. The van der Waals surface area contributed by atoms with E-state index in [0.717, 1.165) is 0 Å². The van der Waals surface area contributed by atoms with E-state index < -0.39 is 5.41 Å². The predicted molar refractivity (Wildman–Crippen MR) is 61.2 cm³/mol. The number of hydrogen-bond acceptors (Lipinski definition) is 2. The molecule has 1 aromatic rings. The van der Waals surface area contributed by atoms with Crippen molar-refractivity contribution in [3.8, 4) is 6.07 Å². The first-order valence-corrected chi connectivity index (χ1v) is 5.92. The van der Waals surface area contributed by atoms with Gasteiger partial charge in [0.1, 0.15) is 5.82 Å². The van der Waals surface area contributed by atoms with E-state index >= 15 is 0 Å². The minimum Gasteiger partial charge on any atom is -0.380 e. The van der Waals surface area contributed by atoms with Gasteiger partial charge in [-0.25, -0.2) is 4.39 Å². The highest BCUT2D eigenvalue weighted by atomic mass is 35.5. The molecule has 1 heterocycles. The number of halogens is 2. The molecule has 0 radical (unpaired) electrons. The summed E-state index contributed by atoms with van der Waals surface area (Å²) in [5.41, 5.74) is -0.159. The van der Waals surface area contributed by atoms with Crippen molar-refractivity contribution in [3.05, 3.63) is 34.6 Å². The molecule has 0 unspecified atom stereocenters. The lowest BCUT2D eigenvalue weighted by atomic mass is 9.50. The molecule has 0 bridgehead atoms. The molecule has 1 saturated heterocycles. The fourth-order valence-electron chi connectivity index (χ4n) is 3.02. The lowest BCUT2D eigenvalue weighted by Crippen LogP contribution is -2.59. The zero-order valence-electron chi connectivity index (χ0n) is 9.17. The minimum atomic E-state index is -0.710. The average Bonchev–Trinajstić information content (AvgIpc) is 2.20. The normalized spacial score (nSPS) is 23.6. The molecule has 1 saturated carbocycles. The lowest BCUT2D eigenvalue weighted by molar-refractivity contribution is -0.178. The van der Waals surface area contributed by atoms with Crippen LogP contribution in [-0.4, -0.2) is 13.2 Å². The maximum Gasteiger partial charge on any atom is 0.128 e. The molecule has 0 amide bonds. The first-order chi connectivity index (χ1) is 8.09. The van der Waals surface area contributed by atoms with Crippen molar-refractivity contribution in [2.24, 2.45) is 5.41 Å². The smallest absolute Gasteiger partial charge is 0.128 e. The second kappa shape index (κ2) is 3.44. The highest BCUT2D eigenvalue weighted by molar-refractivity contribution is 6.30. The van der Waals surface area contributed by atoms with E-state index in [0.29, 0.717) is 36.6 Å². The summed E-state index contributed by atoms with van der Waals surface area (Å²) < 4.78 is 19.0. The van der Waals surface area contributed by atoms with Crippen LogP contribution in [0, 0.1) is 22.6 Å². The van der Waals surface area contributed by atoms with Gasteiger partial charge in [0, 0.05) is 16.0 Å². The molecule has 2 nitrogen and oxygen atoms in total. The van der Waals surface area contributed by atoms with Crippen LogP contribution in [0.1, 0.15) is 18.4 Å². The van der Waals surface area contributed by atoms with Gasteiger partial charge in [0.05, 0.1) is 24.7 Å².